The lowest BCUT2D eigenvalue weighted by Gasteiger charge is -2.46. The molecule has 1 aromatic carbocycles. The van der Waals surface area contributed by atoms with Gasteiger partial charge in [0.2, 0.25) is 4.33 Å². The predicted molar refractivity (Wildman–Crippen MR) is 120 cm³/mol. The monoisotopic (exact) mass is 424 g/mol. The molecular formula is C24H34Cl2O2. The van der Waals surface area contributed by atoms with Crippen LogP contribution < -0.4 is 0 Å². The van der Waals surface area contributed by atoms with Crippen LogP contribution in [-0.2, 0) is 9.53 Å². The van der Waals surface area contributed by atoms with Gasteiger partial charge in [-0.05, 0) is 53.4 Å². The molecule has 1 saturated carbocycles. The lowest BCUT2D eigenvalue weighted by Crippen LogP contribution is -2.61. The summed E-state index contributed by atoms with van der Waals surface area (Å²) in [4.78, 5) is 12.3. The number of ketones is 1. The SMILES string of the molecule is C=CC[C@H]1C(=O)C(Cl)(Cl)[C@H]1OC(C)c1c(C(C)C)cc(C(C)C)cc1C(C)C. The van der Waals surface area contributed by atoms with Crippen LogP contribution in [0.3, 0.4) is 0 Å². The van der Waals surface area contributed by atoms with Crippen LogP contribution in [0, 0.1) is 5.92 Å². The zero-order chi connectivity index (χ0) is 21.4. The number of carbonyl (C=O) groups excluding carboxylic acids is 1. The van der Waals surface area contributed by atoms with Crippen molar-refractivity contribution in [2.45, 2.75) is 89.2 Å². The van der Waals surface area contributed by atoms with Gasteiger partial charge in [-0.2, -0.15) is 0 Å². The van der Waals surface area contributed by atoms with Crippen molar-refractivity contribution in [3.63, 3.8) is 0 Å². The minimum Gasteiger partial charge on any atom is -0.366 e. The summed E-state index contributed by atoms with van der Waals surface area (Å²) >= 11 is 12.6. The van der Waals surface area contributed by atoms with Crippen LogP contribution in [0.15, 0.2) is 24.8 Å². The highest BCUT2D eigenvalue weighted by Gasteiger charge is 2.61. The first-order chi connectivity index (χ1) is 12.9. The molecule has 0 N–H and O–H groups in total. The molecule has 0 bridgehead atoms. The second-order valence-electron chi connectivity index (χ2n) is 8.89. The second-order valence-corrected chi connectivity index (χ2v) is 10.3. The molecule has 4 heteroatoms. The Morgan fingerprint density at radius 3 is 1.93 bits per heavy atom. The topological polar surface area (TPSA) is 26.3 Å². The van der Waals surface area contributed by atoms with Gasteiger partial charge in [-0.3, -0.25) is 4.79 Å². The summed E-state index contributed by atoms with van der Waals surface area (Å²) in [7, 11) is 0. The number of hydrogen-bond donors (Lipinski definition) is 0. The maximum absolute atomic E-state index is 12.3. The number of halogens is 2. The number of benzene rings is 1. The lowest BCUT2D eigenvalue weighted by atomic mass is 9.76. The fourth-order valence-electron chi connectivity index (χ4n) is 4.04. The van der Waals surface area contributed by atoms with Gasteiger partial charge in [0.05, 0.1) is 12.0 Å². The highest BCUT2D eigenvalue weighted by molar-refractivity contribution is 6.61. The van der Waals surface area contributed by atoms with E-state index < -0.39 is 10.4 Å². The zero-order valence-corrected chi connectivity index (χ0v) is 19.7. The maximum atomic E-state index is 12.3. The van der Waals surface area contributed by atoms with Crippen molar-refractivity contribution in [3.8, 4) is 0 Å². The van der Waals surface area contributed by atoms with Crippen molar-refractivity contribution in [2.24, 2.45) is 5.92 Å². The summed E-state index contributed by atoms with van der Waals surface area (Å²) in [5, 5.41) is 0. The molecule has 0 radical (unpaired) electrons. The van der Waals surface area contributed by atoms with E-state index in [4.69, 9.17) is 27.9 Å². The Labute approximate surface area is 180 Å². The summed E-state index contributed by atoms with van der Waals surface area (Å²) < 4.78 is 4.90. The average Bonchev–Trinajstić information content (AvgIpc) is 2.62. The highest BCUT2D eigenvalue weighted by atomic mass is 35.5. The largest absolute Gasteiger partial charge is 0.366 e. The van der Waals surface area contributed by atoms with Crippen LogP contribution in [0.25, 0.3) is 0 Å². The highest BCUT2D eigenvalue weighted by Crippen LogP contribution is 2.49. The number of rotatable bonds is 8. The van der Waals surface area contributed by atoms with E-state index in [0.717, 1.165) is 0 Å². The van der Waals surface area contributed by atoms with Gasteiger partial charge >= 0.3 is 0 Å². The van der Waals surface area contributed by atoms with Crippen molar-refractivity contribution < 1.29 is 9.53 Å². The Morgan fingerprint density at radius 1 is 1.04 bits per heavy atom. The average molecular weight is 425 g/mol. The number of carbonyl (C=O) groups is 1. The Balaban J connectivity index is 2.47. The van der Waals surface area contributed by atoms with Crippen molar-refractivity contribution in [2.75, 3.05) is 0 Å². The van der Waals surface area contributed by atoms with Gasteiger partial charge in [-0.1, -0.05) is 83.0 Å². The molecule has 0 amide bonds. The van der Waals surface area contributed by atoms with E-state index in [9.17, 15) is 4.79 Å². The zero-order valence-electron chi connectivity index (χ0n) is 18.2. The van der Waals surface area contributed by atoms with E-state index in [0.29, 0.717) is 24.2 Å². The molecule has 1 fully saturated rings. The van der Waals surface area contributed by atoms with E-state index in [2.05, 4.69) is 60.3 Å². The Bertz CT molecular complexity index is 705. The molecule has 0 heterocycles. The van der Waals surface area contributed by atoms with Crippen molar-refractivity contribution in [3.05, 3.63) is 47.0 Å². The molecule has 28 heavy (non-hydrogen) atoms. The Morgan fingerprint density at radius 2 is 1.54 bits per heavy atom. The molecule has 2 nitrogen and oxygen atoms in total. The number of ether oxygens (including phenoxy) is 1. The number of alkyl halides is 2. The molecular weight excluding hydrogens is 391 g/mol. The Kier molecular flexibility index (Phi) is 7.45. The molecule has 1 aromatic rings. The molecule has 0 aliphatic heterocycles. The van der Waals surface area contributed by atoms with Gasteiger partial charge in [0.15, 0.2) is 5.78 Å². The molecule has 0 spiro atoms. The first kappa shape index (κ1) is 23.4. The maximum Gasteiger partial charge on any atom is 0.202 e. The minimum atomic E-state index is -1.48. The van der Waals surface area contributed by atoms with Crippen molar-refractivity contribution in [1.29, 1.82) is 0 Å². The van der Waals surface area contributed by atoms with Crippen LogP contribution in [0.2, 0.25) is 0 Å². The fraction of sp³-hybridized carbons (Fsp3) is 0.625. The van der Waals surface area contributed by atoms with Crippen molar-refractivity contribution in [1.82, 2.24) is 0 Å². The fourth-order valence-corrected chi connectivity index (χ4v) is 4.73. The summed E-state index contributed by atoms with van der Waals surface area (Å²) in [5.41, 5.74) is 5.14. The number of Topliss-reactive ketones (excluding diaryl/α,β-unsaturated/α-hetero) is 1. The van der Waals surface area contributed by atoms with Crippen LogP contribution in [0.1, 0.15) is 101 Å². The Hall–Kier alpha value is -0.830. The summed E-state index contributed by atoms with van der Waals surface area (Å²) in [5.74, 6) is 0.688. The summed E-state index contributed by atoms with van der Waals surface area (Å²) in [6, 6.07) is 4.61. The molecule has 1 unspecified atom stereocenters. The van der Waals surface area contributed by atoms with E-state index in [1.807, 2.05) is 6.92 Å². The van der Waals surface area contributed by atoms with E-state index in [-0.39, 0.29) is 17.8 Å². The van der Waals surface area contributed by atoms with Gasteiger partial charge in [0.1, 0.15) is 6.10 Å². The third-order valence-electron chi connectivity index (χ3n) is 5.74. The van der Waals surface area contributed by atoms with Crippen LogP contribution in [0.4, 0.5) is 0 Å². The second kappa shape index (κ2) is 8.90. The van der Waals surface area contributed by atoms with Gasteiger partial charge in [-0.25, -0.2) is 0 Å². The van der Waals surface area contributed by atoms with Gasteiger partial charge < -0.3 is 4.74 Å². The molecule has 1 aliphatic carbocycles. The predicted octanol–water partition coefficient (Wildman–Crippen LogP) is 7.45. The smallest absolute Gasteiger partial charge is 0.202 e. The van der Waals surface area contributed by atoms with Crippen molar-refractivity contribution >= 4 is 29.0 Å². The third kappa shape index (κ3) is 4.35. The van der Waals surface area contributed by atoms with Gasteiger partial charge in [0, 0.05) is 0 Å². The lowest BCUT2D eigenvalue weighted by molar-refractivity contribution is -0.153. The number of hydrogen-bond acceptors (Lipinski definition) is 2. The molecule has 2 rings (SSSR count). The van der Waals surface area contributed by atoms with Crippen LogP contribution in [-0.4, -0.2) is 16.2 Å². The normalized spacial score (nSPS) is 22.6. The molecule has 0 aromatic heterocycles. The van der Waals surface area contributed by atoms with Gasteiger partial charge in [0.25, 0.3) is 0 Å². The van der Waals surface area contributed by atoms with Gasteiger partial charge in [-0.15, -0.1) is 6.58 Å². The van der Waals surface area contributed by atoms with E-state index in [1.54, 1.807) is 6.08 Å². The quantitative estimate of drug-likeness (QED) is 0.319. The van der Waals surface area contributed by atoms with Crippen LogP contribution >= 0.6 is 23.2 Å². The molecule has 156 valence electrons. The third-order valence-corrected chi connectivity index (χ3v) is 6.55. The first-order valence-electron chi connectivity index (χ1n) is 10.3. The number of allylic oxidation sites excluding steroid dienone is 1. The minimum absolute atomic E-state index is 0.170. The summed E-state index contributed by atoms with van der Waals surface area (Å²) in [6.45, 7) is 19.1. The molecule has 1 aliphatic rings. The van der Waals surface area contributed by atoms with E-state index in [1.165, 1.54) is 22.3 Å². The summed E-state index contributed by atoms with van der Waals surface area (Å²) in [6.07, 6.45) is 1.51. The standard InChI is InChI=1S/C24H34Cl2O2/c1-9-10-18-22(27)24(25,26)23(18)28-16(8)21-19(14(4)5)11-17(13(2)3)12-20(21)15(6)7/h9,11-16,18,23H,1,10H2,2-8H3/t16?,18-,23-/m0/s1. The van der Waals surface area contributed by atoms with Crippen LogP contribution in [0.5, 0.6) is 0 Å². The first-order valence-corrected chi connectivity index (χ1v) is 11.0. The molecule has 0 saturated heterocycles. The molecule has 3 atom stereocenters. The van der Waals surface area contributed by atoms with E-state index >= 15 is 0 Å².